The first kappa shape index (κ1) is 18.5. The summed E-state index contributed by atoms with van der Waals surface area (Å²) in [5, 5.41) is 11.8. The highest BCUT2D eigenvalue weighted by atomic mass is 32.2. The molecule has 3 rings (SSSR count). The van der Waals surface area contributed by atoms with Crippen molar-refractivity contribution in [1.29, 1.82) is 5.26 Å². The molecule has 26 heavy (non-hydrogen) atoms. The average Bonchev–Trinajstić information content (AvgIpc) is 2.96. The van der Waals surface area contributed by atoms with Crippen molar-refractivity contribution in [2.24, 2.45) is 0 Å². The highest BCUT2D eigenvalue weighted by molar-refractivity contribution is 7.90. The molecule has 0 saturated carbocycles. The van der Waals surface area contributed by atoms with Gasteiger partial charge >= 0.3 is 0 Å². The highest BCUT2D eigenvalue weighted by Gasteiger charge is 2.37. The van der Waals surface area contributed by atoms with E-state index in [-0.39, 0.29) is 22.5 Å². The van der Waals surface area contributed by atoms with Gasteiger partial charge in [-0.2, -0.15) is 5.26 Å². The van der Waals surface area contributed by atoms with Crippen LogP contribution in [-0.4, -0.2) is 62.1 Å². The molecule has 2 fully saturated rings. The number of carbonyl (C=O) groups is 1. The molecule has 1 atom stereocenters. The Morgan fingerprint density at radius 3 is 2.50 bits per heavy atom. The van der Waals surface area contributed by atoms with E-state index in [1.54, 1.807) is 4.90 Å². The quantitative estimate of drug-likeness (QED) is 0.789. The molecule has 1 amide bonds. The number of sulfone groups is 1. The average molecular weight is 380 g/mol. The fourth-order valence-electron chi connectivity index (χ4n) is 3.51. The van der Waals surface area contributed by atoms with Gasteiger partial charge in [-0.15, -0.1) is 0 Å². The predicted octanol–water partition coefficient (Wildman–Crippen LogP) is 1.19. The van der Waals surface area contributed by atoms with Gasteiger partial charge in [-0.25, -0.2) is 12.8 Å². The van der Waals surface area contributed by atoms with Crippen LogP contribution in [-0.2, 0) is 14.6 Å². The third kappa shape index (κ3) is 3.75. The van der Waals surface area contributed by atoms with E-state index < -0.39 is 21.7 Å². The fourth-order valence-corrected chi connectivity index (χ4v) is 4.14. The van der Waals surface area contributed by atoms with Crippen molar-refractivity contribution >= 4 is 21.4 Å². The number of benzene rings is 1. The summed E-state index contributed by atoms with van der Waals surface area (Å²) in [7, 11) is -3.48. The SMILES string of the molecule is CS(=O)(=O)c1ccc(NC2CCN(C3CCN(C#N)CC3)C2=O)c(F)c1. The van der Waals surface area contributed by atoms with Gasteiger partial charge in [-0.3, -0.25) is 4.79 Å². The lowest BCUT2D eigenvalue weighted by Crippen LogP contribution is -2.46. The van der Waals surface area contributed by atoms with Gasteiger partial charge in [0.05, 0.1) is 10.6 Å². The Hall–Kier alpha value is -2.34. The summed E-state index contributed by atoms with van der Waals surface area (Å²) in [5.41, 5.74) is 0.122. The number of piperidine rings is 1. The number of likely N-dealkylation sites (tertiary alicyclic amines) is 2. The molecule has 1 aromatic carbocycles. The molecule has 2 aliphatic heterocycles. The van der Waals surface area contributed by atoms with Crippen LogP contribution in [0.15, 0.2) is 23.1 Å². The second-order valence-corrected chi connectivity index (χ2v) is 8.77. The molecule has 7 nitrogen and oxygen atoms in total. The van der Waals surface area contributed by atoms with E-state index in [2.05, 4.69) is 11.5 Å². The van der Waals surface area contributed by atoms with Crippen molar-refractivity contribution in [1.82, 2.24) is 9.80 Å². The zero-order valence-electron chi connectivity index (χ0n) is 14.5. The van der Waals surface area contributed by atoms with Crippen LogP contribution in [0.5, 0.6) is 0 Å². The molecule has 9 heteroatoms. The van der Waals surface area contributed by atoms with E-state index in [0.29, 0.717) is 26.1 Å². The molecule has 1 unspecified atom stereocenters. The van der Waals surface area contributed by atoms with E-state index in [1.165, 1.54) is 12.1 Å². The summed E-state index contributed by atoms with van der Waals surface area (Å²) in [6, 6.07) is 3.23. The molecule has 0 aromatic heterocycles. The molecule has 2 heterocycles. The van der Waals surface area contributed by atoms with Crippen LogP contribution in [0, 0.1) is 17.3 Å². The maximum absolute atomic E-state index is 14.2. The van der Waals surface area contributed by atoms with Crippen molar-refractivity contribution < 1.29 is 17.6 Å². The van der Waals surface area contributed by atoms with Crippen molar-refractivity contribution in [2.45, 2.75) is 36.2 Å². The lowest BCUT2D eigenvalue weighted by Gasteiger charge is -2.34. The number of nitrogens with zero attached hydrogens (tertiary/aromatic N) is 3. The number of anilines is 1. The third-order valence-corrected chi connectivity index (χ3v) is 6.10. The number of amides is 1. The molecule has 0 radical (unpaired) electrons. The zero-order valence-corrected chi connectivity index (χ0v) is 15.3. The first-order valence-electron chi connectivity index (χ1n) is 8.51. The first-order valence-corrected chi connectivity index (χ1v) is 10.4. The van der Waals surface area contributed by atoms with E-state index in [0.717, 1.165) is 25.2 Å². The van der Waals surface area contributed by atoms with Crippen molar-refractivity contribution in [2.75, 3.05) is 31.2 Å². The molecule has 0 aliphatic carbocycles. The normalized spacial score (nSPS) is 21.7. The number of hydrogen-bond acceptors (Lipinski definition) is 6. The van der Waals surface area contributed by atoms with Crippen LogP contribution in [0.1, 0.15) is 19.3 Å². The second kappa shape index (κ2) is 7.11. The highest BCUT2D eigenvalue weighted by Crippen LogP contribution is 2.26. The van der Waals surface area contributed by atoms with Crippen LogP contribution in [0.4, 0.5) is 10.1 Å². The predicted molar refractivity (Wildman–Crippen MR) is 93.5 cm³/mol. The number of nitriles is 1. The van der Waals surface area contributed by atoms with Gasteiger partial charge in [0, 0.05) is 31.9 Å². The van der Waals surface area contributed by atoms with Crippen LogP contribution in [0.3, 0.4) is 0 Å². The molecular formula is C17H21FN4O3S. The van der Waals surface area contributed by atoms with Gasteiger partial charge < -0.3 is 15.1 Å². The Kier molecular flexibility index (Phi) is 5.05. The summed E-state index contributed by atoms with van der Waals surface area (Å²) < 4.78 is 37.2. The second-order valence-electron chi connectivity index (χ2n) is 6.75. The van der Waals surface area contributed by atoms with Crippen molar-refractivity contribution in [3.63, 3.8) is 0 Å². The third-order valence-electron chi connectivity index (χ3n) is 4.98. The largest absolute Gasteiger partial charge is 0.371 e. The van der Waals surface area contributed by atoms with Crippen LogP contribution in [0.25, 0.3) is 0 Å². The Balaban J connectivity index is 1.65. The maximum atomic E-state index is 14.2. The standard InChI is InChI=1S/C17H21FN4O3S/c1-26(24,25)13-2-3-15(14(18)10-13)20-16-6-9-22(17(16)23)12-4-7-21(11-19)8-5-12/h2-3,10,12,16,20H,4-9H2,1H3. The summed E-state index contributed by atoms with van der Waals surface area (Å²) in [6.45, 7) is 1.88. The van der Waals surface area contributed by atoms with Gasteiger partial charge in [0.2, 0.25) is 5.91 Å². The molecule has 2 aliphatic rings. The number of carbonyl (C=O) groups excluding carboxylic acids is 1. The van der Waals surface area contributed by atoms with Crippen molar-refractivity contribution in [3.8, 4) is 6.19 Å². The molecule has 2 saturated heterocycles. The Morgan fingerprint density at radius 1 is 1.23 bits per heavy atom. The van der Waals surface area contributed by atoms with E-state index in [4.69, 9.17) is 5.26 Å². The molecule has 1 aromatic rings. The lowest BCUT2D eigenvalue weighted by atomic mass is 10.0. The summed E-state index contributed by atoms with van der Waals surface area (Å²) >= 11 is 0. The number of rotatable bonds is 4. The summed E-state index contributed by atoms with van der Waals surface area (Å²) in [5.74, 6) is -0.770. The van der Waals surface area contributed by atoms with Crippen LogP contribution < -0.4 is 5.32 Å². The fraction of sp³-hybridized carbons (Fsp3) is 0.529. The lowest BCUT2D eigenvalue weighted by molar-refractivity contribution is -0.131. The molecule has 0 spiro atoms. The monoisotopic (exact) mass is 380 g/mol. The van der Waals surface area contributed by atoms with E-state index >= 15 is 0 Å². The topological polar surface area (TPSA) is 93.5 Å². The minimum Gasteiger partial charge on any atom is -0.371 e. The molecule has 1 N–H and O–H groups in total. The van der Waals surface area contributed by atoms with Gasteiger partial charge in [0.25, 0.3) is 0 Å². The molecular weight excluding hydrogens is 359 g/mol. The van der Waals surface area contributed by atoms with E-state index in [9.17, 15) is 17.6 Å². The van der Waals surface area contributed by atoms with Gasteiger partial charge in [-0.1, -0.05) is 0 Å². The minimum absolute atomic E-state index is 0.0769. The van der Waals surface area contributed by atoms with E-state index in [1.807, 2.05) is 4.90 Å². The number of hydrogen-bond donors (Lipinski definition) is 1. The molecule has 0 bridgehead atoms. The number of nitrogens with one attached hydrogen (secondary N) is 1. The Morgan fingerprint density at radius 2 is 1.92 bits per heavy atom. The Bertz CT molecular complexity index is 844. The van der Waals surface area contributed by atoms with Gasteiger partial charge in [0.1, 0.15) is 11.9 Å². The maximum Gasteiger partial charge on any atom is 0.245 e. The van der Waals surface area contributed by atoms with Crippen LogP contribution >= 0.6 is 0 Å². The summed E-state index contributed by atoms with van der Waals surface area (Å²) in [4.78, 5) is 16.1. The smallest absolute Gasteiger partial charge is 0.245 e. The first-order chi connectivity index (χ1) is 12.3. The molecule has 140 valence electrons. The number of halogens is 1. The van der Waals surface area contributed by atoms with Crippen molar-refractivity contribution in [3.05, 3.63) is 24.0 Å². The van der Waals surface area contributed by atoms with Gasteiger partial charge in [-0.05, 0) is 37.5 Å². The van der Waals surface area contributed by atoms with Gasteiger partial charge in [0.15, 0.2) is 16.0 Å². The van der Waals surface area contributed by atoms with Crippen LogP contribution in [0.2, 0.25) is 0 Å². The summed E-state index contributed by atoms with van der Waals surface area (Å²) in [6.07, 6.45) is 5.21. The zero-order chi connectivity index (χ0) is 18.9. The Labute approximate surface area is 152 Å². The minimum atomic E-state index is -3.48.